The van der Waals surface area contributed by atoms with Crippen LogP contribution >= 0.6 is 0 Å². The van der Waals surface area contributed by atoms with Crippen LogP contribution in [0.25, 0.3) is 6.08 Å². The Morgan fingerprint density at radius 3 is 2.83 bits per heavy atom. The van der Waals surface area contributed by atoms with E-state index in [0.29, 0.717) is 0 Å². The van der Waals surface area contributed by atoms with Gasteiger partial charge in [0.1, 0.15) is 5.82 Å². The summed E-state index contributed by atoms with van der Waals surface area (Å²) in [5.41, 5.74) is 1.77. The molecule has 2 rings (SSSR count). The summed E-state index contributed by atoms with van der Waals surface area (Å²) in [6, 6.07) is 3.21. The molecule has 0 unspecified atom stereocenters. The molecule has 1 aliphatic heterocycles. The molecule has 1 aromatic carbocycles. The number of halogens is 1. The number of nitrogens with zero attached hydrogens (tertiary/aromatic N) is 1. The second-order valence-electron chi connectivity index (χ2n) is 4.88. The Bertz CT molecular complexity index is 496. The van der Waals surface area contributed by atoms with Crippen LogP contribution in [-0.2, 0) is 0 Å². The Labute approximate surface area is 107 Å². The van der Waals surface area contributed by atoms with Gasteiger partial charge >= 0.3 is 0 Å². The SMILES string of the molecule is C=Cc1cc(C(=O)N2CCC[C@H]2C)c(F)cc1C. The van der Waals surface area contributed by atoms with E-state index in [2.05, 4.69) is 6.58 Å². The summed E-state index contributed by atoms with van der Waals surface area (Å²) in [5.74, 6) is -0.650. The van der Waals surface area contributed by atoms with Crippen molar-refractivity contribution in [2.45, 2.75) is 32.7 Å². The number of amides is 1. The second kappa shape index (κ2) is 4.92. The highest BCUT2D eigenvalue weighted by Crippen LogP contribution is 2.23. The number of hydrogen-bond acceptors (Lipinski definition) is 1. The van der Waals surface area contributed by atoms with Gasteiger partial charge in [0.25, 0.3) is 5.91 Å². The first-order chi connectivity index (χ1) is 8.54. The minimum atomic E-state index is -0.442. The lowest BCUT2D eigenvalue weighted by Crippen LogP contribution is -2.34. The number of aryl methyl sites for hydroxylation is 1. The Balaban J connectivity index is 2.38. The van der Waals surface area contributed by atoms with E-state index in [1.165, 1.54) is 6.07 Å². The second-order valence-corrected chi connectivity index (χ2v) is 4.88. The van der Waals surface area contributed by atoms with Gasteiger partial charge in [-0.3, -0.25) is 4.79 Å². The smallest absolute Gasteiger partial charge is 0.257 e. The number of rotatable bonds is 2. The van der Waals surface area contributed by atoms with Crippen molar-refractivity contribution in [1.82, 2.24) is 4.90 Å². The lowest BCUT2D eigenvalue weighted by molar-refractivity contribution is 0.0742. The third-order valence-electron chi connectivity index (χ3n) is 3.62. The van der Waals surface area contributed by atoms with E-state index in [0.717, 1.165) is 30.5 Å². The zero-order valence-corrected chi connectivity index (χ0v) is 10.9. The molecule has 1 fully saturated rings. The predicted octanol–water partition coefficient (Wildman–Crippen LogP) is 3.40. The Morgan fingerprint density at radius 1 is 1.56 bits per heavy atom. The molecule has 0 spiro atoms. The lowest BCUT2D eigenvalue weighted by atomic mass is 10.0. The zero-order chi connectivity index (χ0) is 13.3. The van der Waals surface area contributed by atoms with Crippen LogP contribution in [0.3, 0.4) is 0 Å². The number of carbonyl (C=O) groups excluding carboxylic acids is 1. The van der Waals surface area contributed by atoms with Gasteiger partial charge < -0.3 is 4.90 Å². The van der Waals surface area contributed by atoms with E-state index in [1.807, 2.05) is 13.8 Å². The molecule has 0 aromatic heterocycles. The van der Waals surface area contributed by atoms with Crippen molar-refractivity contribution >= 4 is 12.0 Å². The van der Waals surface area contributed by atoms with Gasteiger partial charge in [0.05, 0.1) is 5.56 Å². The molecular weight excluding hydrogens is 229 g/mol. The summed E-state index contributed by atoms with van der Waals surface area (Å²) in [5, 5.41) is 0. The molecule has 1 heterocycles. The molecule has 0 aliphatic carbocycles. The first-order valence-corrected chi connectivity index (χ1v) is 6.28. The fraction of sp³-hybridized carbons (Fsp3) is 0.400. The molecule has 0 radical (unpaired) electrons. The van der Waals surface area contributed by atoms with Crippen molar-refractivity contribution < 1.29 is 9.18 Å². The van der Waals surface area contributed by atoms with Crippen LogP contribution in [0, 0.1) is 12.7 Å². The van der Waals surface area contributed by atoms with Gasteiger partial charge in [0, 0.05) is 12.6 Å². The molecule has 1 aromatic rings. The maximum Gasteiger partial charge on any atom is 0.257 e. The first-order valence-electron chi connectivity index (χ1n) is 6.28. The van der Waals surface area contributed by atoms with E-state index >= 15 is 0 Å². The standard InChI is InChI=1S/C15H18FNO/c1-4-12-9-13(14(16)8-10(12)2)15(18)17-7-5-6-11(17)3/h4,8-9,11H,1,5-7H2,2-3H3/t11-/m1/s1. The monoisotopic (exact) mass is 247 g/mol. The van der Waals surface area contributed by atoms with E-state index in [4.69, 9.17) is 0 Å². The minimum Gasteiger partial charge on any atom is -0.336 e. The van der Waals surface area contributed by atoms with Crippen LogP contribution in [0.4, 0.5) is 4.39 Å². The zero-order valence-electron chi connectivity index (χ0n) is 10.9. The maximum atomic E-state index is 13.9. The quantitative estimate of drug-likeness (QED) is 0.784. The molecule has 96 valence electrons. The largest absolute Gasteiger partial charge is 0.336 e. The first kappa shape index (κ1) is 12.8. The average molecular weight is 247 g/mol. The van der Waals surface area contributed by atoms with Gasteiger partial charge in [-0.2, -0.15) is 0 Å². The van der Waals surface area contributed by atoms with Gasteiger partial charge in [-0.25, -0.2) is 4.39 Å². The highest BCUT2D eigenvalue weighted by Gasteiger charge is 2.27. The third kappa shape index (κ3) is 2.17. The molecule has 0 N–H and O–H groups in total. The van der Waals surface area contributed by atoms with Gasteiger partial charge in [0.15, 0.2) is 0 Å². The molecule has 1 aliphatic rings. The minimum absolute atomic E-state index is 0.157. The Morgan fingerprint density at radius 2 is 2.28 bits per heavy atom. The molecular formula is C15H18FNO. The van der Waals surface area contributed by atoms with E-state index in [9.17, 15) is 9.18 Å². The van der Waals surface area contributed by atoms with E-state index < -0.39 is 5.82 Å². The van der Waals surface area contributed by atoms with Crippen LogP contribution in [0.1, 0.15) is 41.3 Å². The Hall–Kier alpha value is -1.64. The summed E-state index contributed by atoms with van der Waals surface area (Å²) >= 11 is 0. The van der Waals surface area contributed by atoms with Crippen LogP contribution in [0.5, 0.6) is 0 Å². The molecule has 2 nitrogen and oxygen atoms in total. The molecule has 1 saturated heterocycles. The predicted molar refractivity (Wildman–Crippen MR) is 71.0 cm³/mol. The summed E-state index contributed by atoms with van der Waals surface area (Å²) in [6.07, 6.45) is 3.64. The fourth-order valence-electron chi connectivity index (χ4n) is 2.46. The number of likely N-dealkylation sites (tertiary alicyclic amines) is 1. The van der Waals surface area contributed by atoms with Gasteiger partial charge in [-0.15, -0.1) is 0 Å². The van der Waals surface area contributed by atoms with Crippen molar-refractivity contribution in [1.29, 1.82) is 0 Å². The van der Waals surface area contributed by atoms with Crippen LogP contribution in [0.15, 0.2) is 18.7 Å². The van der Waals surface area contributed by atoms with Crippen LogP contribution in [0.2, 0.25) is 0 Å². The van der Waals surface area contributed by atoms with Crippen molar-refractivity contribution in [2.75, 3.05) is 6.54 Å². The average Bonchev–Trinajstić information content (AvgIpc) is 2.75. The number of hydrogen-bond donors (Lipinski definition) is 0. The molecule has 1 atom stereocenters. The fourth-order valence-corrected chi connectivity index (χ4v) is 2.46. The molecule has 0 saturated carbocycles. The molecule has 0 bridgehead atoms. The third-order valence-corrected chi connectivity index (χ3v) is 3.62. The van der Waals surface area contributed by atoms with Gasteiger partial charge in [-0.1, -0.05) is 12.7 Å². The van der Waals surface area contributed by atoms with E-state index in [1.54, 1.807) is 17.0 Å². The summed E-state index contributed by atoms with van der Waals surface area (Å²) in [7, 11) is 0. The summed E-state index contributed by atoms with van der Waals surface area (Å²) < 4.78 is 13.9. The Kier molecular flexibility index (Phi) is 3.50. The van der Waals surface area contributed by atoms with Crippen molar-refractivity contribution in [2.24, 2.45) is 0 Å². The maximum absolute atomic E-state index is 13.9. The van der Waals surface area contributed by atoms with Crippen molar-refractivity contribution in [3.05, 3.63) is 41.2 Å². The lowest BCUT2D eigenvalue weighted by Gasteiger charge is -2.22. The normalized spacial score (nSPS) is 19.1. The van der Waals surface area contributed by atoms with Crippen LogP contribution < -0.4 is 0 Å². The number of carbonyl (C=O) groups is 1. The highest BCUT2D eigenvalue weighted by molar-refractivity contribution is 5.95. The van der Waals surface area contributed by atoms with E-state index in [-0.39, 0.29) is 17.5 Å². The molecule has 18 heavy (non-hydrogen) atoms. The van der Waals surface area contributed by atoms with Crippen LogP contribution in [-0.4, -0.2) is 23.4 Å². The number of benzene rings is 1. The van der Waals surface area contributed by atoms with Gasteiger partial charge in [0.2, 0.25) is 0 Å². The topological polar surface area (TPSA) is 20.3 Å². The summed E-state index contributed by atoms with van der Waals surface area (Å²) in [4.78, 5) is 14.1. The molecule has 3 heteroatoms. The molecule has 1 amide bonds. The summed E-state index contributed by atoms with van der Waals surface area (Å²) in [6.45, 7) is 8.22. The van der Waals surface area contributed by atoms with Crippen molar-refractivity contribution in [3.8, 4) is 0 Å². The van der Waals surface area contributed by atoms with Crippen molar-refractivity contribution in [3.63, 3.8) is 0 Å². The van der Waals surface area contributed by atoms with Gasteiger partial charge in [-0.05, 0) is 49.9 Å². The highest BCUT2D eigenvalue weighted by atomic mass is 19.1.